The molecule has 10 heteroatoms. The minimum atomic E-state index is -3.40. The van der Waals surface area contributed by atoms with Gasteiger partial charge < -0.3 is 15.1 Å². The topological polar surface area (TPSA) is 95.5 Å². The van der Waals surface area contributed by atoms with Crippen LogP contribution in [0.25, 0.3) is 0 Å². The number of sulfone groups is 1. The molecule has 1 aromatic heterocycles. The van der Waals surface area contributed by atoms with Gasteiger partial charge in [0, 0.05) is 38.4 Å². The number of hydrogen-bond acceptors (Lipinski definition) is 7. The standard InChI is InChI=1S/C16H25N5O3S.ClH/c1-3-20-7-8-21(11-14(20)22)16-18-10-13(25(2,23)24)15(19-16)12-5-4-6-17-9-12;/h10,12,17H,3-9,11H2,1-2H3;1H. The van der Waals surface area contributed by atoms with E-state index < -0.39 is 9.84 Å². The molecular weight excluding hydrogens is 378 g/mol. The molecule has 8 nitrogen and oxygen atoms in total. The third-order valence-electron chi connectivity index (χ3n) is 4.84. The van der Waals surface area contributed by atoms with Crippen molar-refractivity contribution < 1.29 is 13.2 Å². The Morgan fingerprint density at radius 1 is 1.35 bits per heavy atom. The average Bonchev–Trinajstić information content (AvgIpc) is 2.61. The average molecular weight is 404 g/mol. The van der Waals surface area contributed by atoms with Gasteiger partial charge in [0.1, 0.15) is 4.90 Å². The number of piperidine rings is 1. The summed E-state index contributed by atoms with van der Waals surface area (Å²) in [5.41, 5.74) is 0.574. The lowest BCUT2D eigenvalue weighted by Crippen LogP contribution is -2.50. The molecule has 0 radical (unpaired) electrons. The van der Waals surface area contributed by atoms with E-state index in [-0.39, 0.29) is 35.7 Å². The van der Waals surface area contributed by atoms with Gasteiger partial charge in [-0.15, -0.1) is 12.4 Å². The van der Waals surface area contributed by atoms with Crippen molar-refractivity contribution in [2.75, 3.05) is 50.4 Å². The maximum Gasteiger partial charge on any atom is 0.242 e. The number of carbonyl (C=O) groups excluding carboxylic acids is 1. The molecule has 1 amide bonds. The summed E-state index contributed by atoms with van der Waals surface area (Å²) in [7, 11) is -3.40. The quantitative estimate of drug-likeness (QED) is 0.779. The molecule has 1 N–H and O–H groups in total. The van der Waals surface area contributed by atoms with Crippen LogP contribution < -0.4 is 10.2 Å². The van der Waals surface area contributed by atoms with Gasteiger partial charge in [-0.25, -0.2) is 18.4 Å². The first-order valence-electron chi connectivity index (χ1n) is 8.70. The Hall–Kier alpha value is -1.45. The van der Waals surface area contributed by atoms with Crippen molar-refractivity contribution in [2.45, 2.75) is 30.6 Å². The van der Waals surface area contributed by atoms with Gasteiger partial charge in [0.15, 0.2) is 9.84 Å². The fraction of sp³-hybridized carbons (Fsp3) is 0.688. The van der Waals surface area contributed by atoms with E-state index in [4.69, 9.17) is 0 Å². The summed E-state index contributed by atoms with van der Waals surface area (Å²) < 4.78 is 24.3. The lowest BCUT2D eigenvalue weighted by molar-refractivity contribution is -0.130. The lowest BCUT2D eigenvalue weighted by Gasteiger charge is -2.34. The Balaban J connectivity index is 0.00000243. The highest BCUT2D eigenvalue weighted by molar-refractivity contribution is 7.90. The van der Waals surface area contributed by atoms with E-state index in [9.17, 15) is 13.2 Å². The minimum Gasteiger partial charge on any atom is -0.340 e. The SMILES string of the molecule is CCN1CCN(c2ncc(S(C)(=O)=O)c(C3CCCNC3)n2)CC1=O.Cl. The number of nitrogens with one attached hydrogen (secondary N) is 1. The van der Waals surface area contributed by atoms with E-state index in [0.29, 0.717) is 37.8 Å². The molecule has 26 heavy (non-hydrogen) atoms. The smallest absolute Gasteiger partial charge is 0.242 e. The van der Waals surface area contributed by atoms with Gasteiger partial charge >= 0.3 is 0 Å². The monoisotopic (exact) mass is 403 g/mol. The molecule has 0 aromatic carbocycles. The third-order valence-corrected chi connectivity index (χ3v) is 5.95. The number of aromatic nitrogens is 2. The highest BCUT2D eigenvalue weighted by atomic mass is 35.5. The van der Waals surface area contributed by atoms with Crippen molar-refractivity contribution >= 4 is 34.1 Å². The number of nitrogens with zero attached hydrogens (tertiary/aromatic N) is 4. The van der Waals surface area contributed by atoms with Crippen LogP contribution in [0, 0.1) is 0 Å². The number of amides is 1. The van der Waals surface area contributed by atoms with Crippen molar-refractivity contribution in [3.05, 3.63) is 11.9 Å². The highest BCUT2D eigenvalue weighted by Crippen LogP contribution is 2.28. The van der Waals surface area contributed by atoms with Crippen LogP contribution in [0.5, 0.6) is 0 Å². The Labute approximate surface area is 160 Å². The number of piperazine rings is 1. The van der Waals surface area contributed by atoms with Gasteiger partial charge in [-0.05, 0) is 26.3 Å². The van der Waals surface area contributed by atoms with Crippen molar-refractivity contribution in [3.8, 4) is 0 Å². The summed E-state index contributed by atoms with van der Waals surface area (Å²) in [6.45, 7) is 5.82. The van der Waals surface area contributed by atoms with Crippen LogP contribution >= 0.6 is 12.4 Å². The van der Waals surface area contributed by atoms with E-state index in [2.05, 4.69) is 15.3 Å². The van der Waals surface area contributed by atoms with E-state index >= 15 is 0 Å². The van der Waals surface area contributed by atoms with Crippen LogP contribution in [0.1, 0.15) is 31.4 Å². The summed E-state index contributed by atoms with van der Waals surface area (Å²) in [5, 5.41) is 3.30. The van der Waals surface area contributed by atoms with Crippen LogP contribution in [0.15, 0.2) is 11.1 Å². The first-order chi connectivity index (χ1) is 11.9. The van der Waals surface area contributed by atoms with Crippen LogP contribution in [-0.2, 0) is 14.6 Å². The van der Waals surface area contributed by atoms with Crippen LogP contribution in [0.3, 0.4) is 0 Å². The number of carbonyl (C=O) groups is 1. The summed E-state index contributed by atoms with van der Waals surface area (Å²) in [4.78, 5) is 24.8. The fourth-order valence-electron chi connectivity index (χ4n) is 3.40. The molecule has 0 aliphatic carbocycles. The van der Waals surface area contributed by atoms with Gasteiger partial charge in [0.2, 0.25) is 11.9 Å². The molecule has 146 valence electrons. The Bertz CT molecular complexity index is 752. The number of halogens is 1. The second-order valence-electron chi connectivity index (χ2n) is 6.63. The molecular formula is C16H26ClN5O3S. The zero-order chi connectivity index (χ0) is 18.0. The van der Waals surface area contributed by atoms with Gasteiger partial charge in [0.25, 0.3) is 0 Å². The van der Waals surface area contributed by atoms with Crippen LogP contribution in [0.2, 0.25) is 0 Å². The highest BCUT2D eigenvalue weighted by Gasteiger charge is 2.29. The molecule has 0 bridgehead atoms. The normalized spacial score (nSPS) is 21.5. The predicted molar refractivity (Wildman–Crippen MR) is 102 cm³/mol. The number of anilines is 1. The summed E-state index contributed by atoms with van der Waals surface area (Å²) in [6, 6.07) is 0. The fourth-order valence-corrected chi connectivity index (χ4v) is 4.24. The number of likely N-dealkylation sites (N-methyl/N-ethyl adjacent to an activating group) is 1. The Kier molecular flexibility index (Phi) is 6.81. The second kappa shape index (κ2) is 8.49. The minimum absolute atomic E-state index is 0. The zero-order valence-corrected chi connectivity index (χ0v) is 16.8. The van der Waals surface area contributed by atoms with E-state index in [1.54, 1.807) is 4.90 Å². The maximum absolute atomic E-state index is 12.1. The molecule has 3 rings (SSSR count). The molecule has 0 saturated carbocycles. The Morgan fingerprint density at radius 3 is 2.69 bits per heavy atom. The van der Waals surface area contributed by atoms with Crippen LogP contribution in [0.4, 0.5) is 5.95 Å². The maximum atomic E-state index is 12.1. The van der Waals surface area contributed by atoms with Crippen molar-refractivity contribution in [1.82, 2.24) is 20.2 Å². The molecule has 1 unspecified atom stereocenters. The first kappa shape index (κ1) is 20.9. The van der Waals surface area contributed by atoms with Gasteiger partial charge in [0.05, 0.1) is 18.4 Å². The molecule has 2 fully saturated rings. The molecule has 3 heterocycles. The van der Waals surface area contributed by atoms with Crippen molar-refractivity contribution in [2.24, 2.45) is 0 Å². The summed E-state index contributed by atoms with van der Waals surface area (Å²) in [6.07, 6.45) is 4.47. The van der Waals surface area contributed by atoms with E-state index in [0.717, 1.165) is 19.4 Å². The second-order valence-corrected chi connectivity index (χ2v) is 8.61. The molecule has 1 atom stereocenters. The molecule has 0 spiro atoms. The van der Waals surface area contributed by atoms with Gasteiger partial charge in [-0.1, -0.05) is 0 Å². The number of rotatable bonds is 4. The van der Waals surface area contributed by atoms with E-state index in [1.807, 2.05) is 11.8 Å². The lowest BCUT2D eigenvalue weighted by atomic mass is 9.96. The van der Waals surface area contributed by atoms with Gasteiger partial charge in [-0.3, -0.25) is 4.79 Å². The van der Waals surface area contributed by atoms with E-state index in [1.165, 1.54) is 12.5 Å². The van der Waals surface area contributed by atoms with Crippen molar-refractivity contribution in [3.63, 3.8) is 0 Å². The summed E-state index contributed by atoms with van der Waals surface area (Å²) in [5.74, 6) is 0.537. The molecule has 2 aliphatic heterocycles. The predicted octanol–water partition coefficient (Wildman–Crippen LogP) is 0.437. The molecule has 2 saturated heterocycles. The summed E-state index contributed by atoms with van der Waals surface area (Å²) >= 11 is 0. The number of hydrogen-bond donors (Lipinski definition) is 1. The Morgan fingerprint density at radius 2 is 2.12 bits per heavy atom. The molecule has 1 aromatic rings. The molecule has 2 aliphatic rings. The zero-order valence-electron chi connectivity index (χ0n) is 15.1. The third kappa shape index (κ3) is 4.44. The van der Waals surface area contributed by atoms with Gasteiger partial charge in [-0.2, -0.15) is 0 Å². The van der Waals surface area contributed by atoms with Crippen LogP contribution in [-0.4, -0.2) is 74.7 Å². The van der Waals surface area contributed by atoms with Crippen molar-refractivity contribution in [1.29, 1.82) is 0 Å². The first-order valence-corrected chi connectivity index (χ1v) is 10.6. The largest absolute Gasteiger partial charge is 0.340 e.